The number of imidazole rings is 1. The van der Waals surface area contributed by atoms with Gasteiger partial charge in [0.05, 0.1) is 17.8 Å². The summed E-state index contributed by atoms with van der Waals surface area (Å²) in [6, 6.07) is 9.20. The lowest BCUT2D eigenvalue weighted by Crippen LogP contribution is -2.00. The fourth-order valence-corrected chi connectivity index (χ4v) is 2.12. The third-order valence-corrected chi connectivity index (χ3v) is 3.08. The molecule has 116 valence electrons. The van der Waals surface area contributed by atoms with Gasteiger partial charge in [0.1, 0.15) is 5.75 Å². The molecule has 3 N–H and O–H groups in total. The highest BCUT2D eigenvalue weighted by molar-refractivity contribution is 5.73. The van der Waals surface area contributed by atoms with Crippen LogP contribution in [0.2, 0.25) is 0 Å². The smallest absolute Gasteiger partial charge is 0.309 e. The van der Waals surface area contributed by atoms with Gasteiger partial charge in [-0.25, -0.2) is 4.98 Å². The van der Waals surface area contributed by atoms with Crippen LogP contribution in [0.5, 0.6) is 11.5 Å². The number of carboxylic acid groups (broad SMARTS) is 1. The Labute approximate surface area is 130 Å². The molecule has 3 aromatic rings. The third kappa shape index (κ3) is 2.95. The highest BCUT2D eigenvalue weighted by Gasteiger charge is 2.16. The Balaban J connectivity index is 2.10. The number of carbonyl (C=O) groups is 1. The summed E-state index contributed by atoms with van der Waals surface area (Å²) in [6.07, 6.45) is 1.25. The first-order valence-corrected chi connectivity index (χ1v) is 6.66. The monoisotopic (exact) mass is 312 g/mol. The molecule has 0 amide bonds. The Bertz CT molecular complexity index is 917. The zero-order valence-electron chi connectivity index (χ0n) is 11.8. The Hall–Kier alpha value is -3.42. The number of phenolic OH excluding ortho intramolecular Hbond substituents is 1. The molecule has 23 heavy (non-hydrogen) atoms. The zero-order valence-corrected chi connectivity index (χ0v) is 11.8. The molecule has 0 unspecified atom stereocenters. The van der Waals surface area contributed by atoms with Crippen molar-refractivity contribution in [3.05, 3.63) is 48.3 Å². The highest BCUT2D eigenvalue weighted by Crippen LogP contribution is 2.29. The van der Waals surface area contributed by atoms with E-state index in [4.69, 9.17) is 5.11 Å². The van der Waals surface area contributed by atoms with E-state index in [2.05, 4.69) is 15.2 Å². The van der Waals surface area contributed by atoms with Crippen molar-refractivity contribution in [3.8, 4) is 11.5 Å². The number of hydrogen-bond donors (Lipinski definition) is 3. The Morgan fingerprint density at radius 1 is 1.17 bits per heavy atom. The fourth-order valence-electron chi connectivity index (χ4n) is 2.12. The molecule has 0 aliphatic carbocycles. The number of rotatable bonds is 4. The van der Waals surface area contributed by atoms with Crippen LogP contribution >= 0.6 is 0 Å². The second-order valence-electron chi connectivity index (χ2n) is 4.76. The number of benzene rings is 1. The summed E-state index contributed by atoms with van der Waals surface area (Å²) < 4.78 is 1.46. The lowest BCUT2D eigenvalue weighted by atomic mass is 10.3. The molecule has 0 atom stereocenters. The molecule has 0 fully saturated rings. The average molecular weight is 312 g/mol. The summed E-state index contributed by atoms with van der Waals surface area (Å²) in [6.45, 7) is 0. The Kier molecular flexibility index (Phi) is 3.63. The lowest BCUT2D eigenvalue weighted by Gasteiger charge is -1.98. The van der Waals surface area contributed by atoms with Crippen LogP contribution in [0.3, 0.4) is 0 Å². The van der Waals surface area contributed by atoms with Gasteiger partial charge >= 0.3 is 5.97 Å². The minimum absolute atomic E-state index is 0.0444. The molecule has 3 rings (SSSR count). The van der Waals surface area contributed by atoms with Gasteiger partial charge in [-0.15, -0.1) is 10.2 Å². The van der Waals surface area contributed by atoms with Gasteiger partial charge in [-0.05, 0) is 24.3 Å². The van der Waals surface area contributed by atoms with Crippen molar-refractivity contribution >= 4 is 23.1 Å². The zero-order chi connectivity index (χ0) is 16.4. The molecule has 0 spiro atoms. The molecule has 1 aromatic carbocycles. The predicted molar refractivity (Wildman–Crippen MR) is 80.5 cm³/mol. The number of phenols is 1. The van der Waals surface area contributed by atoms with E-state index in [1.165, 1.54) is 22.6 Å². The molecule has 0 aliphatic rings. The van der Waals surface area contributed by atoms with Gasteiger partial charge in [-0.1, -0.05) is 6.07 Å². The number of carboxylic acids is 1. The van der Waals surface area contributed by atoms with Crippen molar-refractivity contribution < 1.29 is 20.1 Å². The lowest BCUT2D eigenvalue weighted by molar-refractivity contribution is -0.136. The van der Waals surface area contributed by atoms with Crippen molar-refractivity contribution in [1.82, 2.24) is 9.38 Å². The van der Waals surface area contributed by atoms with Crippen molar-refractivity contribution in [3.63, 3.8) is 0 Å². The molecule has 8 nitrogen and oxygen atoms in total. The van der Waals surface area contributed by atoms with Crippen molar-refractivity contribution in [2.45, 2.75) is 6.42 Å². The fraction of sp³-hybridized carbons (Fsp3) is 0.0667. The van der Waals surface area contributed by atoms with E-state index in [0.29, 0.717) is 5.69 Å². The van der Waals surface area contributed by atoms with Gasteiger partial charge in [-0.3, -0.25) is 9.20 Å². The molecular formula is C15H12N4O4. The quantitative estimate of drug-likeness (QED) is 0.640. The normalized spacial score (nSPS) is 11.3. The van der Waals surface area contributed by atoms with Gasteiger partial charge in [0.15, 0.2) is 17.2 Å². The summed E-state index contributed by atoms with van der Waals surface area (Å²) in [5.41, 5.74) is 0.790. The number of azo groups is 1. The van der Waals surface area contributed by atoms with E-state index >= 15 is 0 Å². The molecule has 2 heterocycles. The minimum atomic E-state index is -1.07. The number of fused-ring (bicyclic) bond motifs is 1. The number of pyridine rings is 1. The van der Waals surface area contributed by atoms with Crippen molar-refractivity contribution in [2.24, 2.45) is 10.2 Å². The highest BCUT2D eigenvalue weighted by atomic mass is 16.4. The van der Waals surface area contributed by atoms with Gasteiger partial charge in [0.2, 0.25) is 0 Å². The summed E-state index contributed by atoms with van der Waals surface area (Å²) in [5, 5.41) is 36.3. The predicted octanol–water partition coefficient (Wildman–Crippen LogP) is 2.79. The van der Waals surface area contributed by atoms with Crippen molar-refractivity contribution in [2.75, 3.05) is 0 Å². The second kappa shape index (κ2) is 5.76. The van der Waals surface area contributed by atoms with Crippen LogP contribution in [0.4, 0.5) is 11.5 Å². The minimum Gasteiger partial charge on any atom is -0.508 e. The van der Waals surface area contributed by atoms with Crippen LogP contribution in [0, 0.1) is 0 Å². The van der Waals surface area contributed by atoms with E-state index in [0.717, 1.165) is 0 Å². The van der Waals surface area contributed by atoms with E-state index in [9.17, 15) is 15.0 Å². The van der Waals surface area contributed by atoms with Gasteiger partial charge in [0, 0.05) is 12.3 Å². The Morgan fingerprint density at radius 3 is 2.74 bits per heavy atom. The third-order valence-electron chi connectivity index (χ3n) is 3.08. The van der Waals surface area contributed by atoms with Gasteiger partial charge < -0.3 is 15.3 Å². The molecule has 0 aliphatic heterocycles. The van der Waals surface area contributed by atoms with E-state index in [1.807, 2.05) is 0 Å². The van der Waals surface area contributed by atoms with E-state index in [-0.39, 0.29) is 35.1 Å². The number of aromatic nitrogens is 2. The number of nitrogens with zero attached hydrogens (tertiary/aromatic N) is 4. The van der Waals surface area contributed by atoms with Crippen molar-refractivity contribution in [1.29, 1.82) is 0 Å². The standard InChI is InChI=1S/C15H12N4O4/c20-10-4-1-3-9(7-10)17-18-14-11(8-13(22)23)16-15-12(21)5-2-6-19(14)15/h1-7,20-21H,8H2,(H,22,23). The van der Waals surface area contributed by atoms with E-state index in [1.54, 1.807) is 24.4 Å². The first-order valence-electron chi connectivity index (χ1n) is 6.66. The van der Waals surface area contributed by atoms with Crippen LogP contribution in [0.25, 0.3) is 5.65 Å². The summed E-state index contributed by atoms with van der Waals surface area (Å²) in [7, 11) is 0. The van der Waals surface area contributed by atoms with Gasteiger partial charge in [0.25, 0.3) is 0 Å². The molecule has 0 saturated heterocycles. The SMILES string of the molecule is O=C(O)Cc1nc2c(O)cccn2c1N=Nc1cccc(O)c1. The topological polar surface area (TPSA) is 120 Å². The maximum absolute atomic E-state index is 11.0. The average Bonchev–Trinajstić information content (AvgIpc) is 2.83. The van der Waals surface area contributed by atoms with Crippen LogP contribution in [0.15, 0.2) is 52.8 Å². The molecule has 8 heteroatoms. The first kappa shape index (κ1) is 14.5. The first-order chi connectivity index (χ1) is 11.0. The van der Waals surface area contributed by atoms with Gasteiger partial charge in [-0.2, -0.15) is 0 Å². The van der Waals surface area contributed by atoms with Crippen LogP contribution in [-0.2, 0) is 11.2 Å². The number of hydrogen-bond acceptors (Lipinski definition) is 6. The number of aromatic hydroxyl groups is 2. The van der Waals surface area contributed by atoms with Crippen LogP contribution < -0.4 is 0 Å². The molecule has 0 radical (unpaired) electrons. The van der Waals surface area contributed by atoms with E-state index < -0.39 is 5.97 Å². The Morgan fingerprint density at radius 2 is 2.00 bits per heavy atom. The molecule has 0 saturated carbocycles. The largest absolute Gasteiger partial charge is 0.508 e. The van der Waals surface area contributed by atoms with Crippen LogP contribution in [-0.4, -0.2) is 30.7 Å². The summed E-state index contributed by atoms with van der Waals surface area (Å²) in [4.78, 5) is 15.1. The maximum atomic E-state index is 11.0. The molecular weight excluding hydrogens is 300 g/mol. The number of aliphatic carboxylic acids is 1. The molecule has 2 aromatic heterocycles. The van der Waals surface area contributed by atoms with Crippen LogP contribution in [0.1, 0.15) is 5.69 Å². The second-order valence-corrected chi connectivity index (χ2v) is 4.76. The maximum Gasteiger partial charge on any atom is 0.309 e. The molecule has 0 bridgehead atoms. The summed E-state index contributed by atoms with van der Waals surface area (Å²) >= 11 is 0. The summed E-state index contributed by atoms with van der Waals surface area (Å²) in [5.74, 6) is -0.899.